The fraction of sp³-hybridized carbons (Fsp3) is 0.929. The van der Waals surface area contributed by atoms with Crippen LogP contribution >= 0.6 is 0 Å². The van der Waals surface area contributed by atoms with E-state index in [0.29, 0.717) is 32.8 Å². The van der Waals surface area contributed by atoms with Crippen LogP contribution in [0.5, 0.6) is 0 Å². The van der Waals surface area contributed by atoms with Crippen LogP contribution in [0.25, 0.3) is 0 Å². The summed E-state index contributed by atoms with van der Waals surface area (Å²) in [6.45, 7) is 3.19. The first-order chi connectivity index (χ1) is 9.29. The number of nitrogens with two attached hydrogens (primary N) is 1. The predicted molar refractivity (Wildman–Crippen MR) is 75.0 cm³/mol. The monoisotopic (exact) mass is 269 g/mol. The highest BCUT2D eigenvalue weighted by Crippen LogP contribution is 2.27. The Labute approximate surface area is 115 Å². The maximum absolute atomic E-state index is 12.1. The highest BCUT2D eigenvalue weighted by Gasteiger charge is 2.22. The lowest BCUT2D eigenvalue weighted by molar-refractivity contribution is 0.0523. The van der Waals surface area contributed by atoms with Gasteiger partial charge in [-0.15, -0.1) is 0 Å². The number of hydrogen-bond donors (Lipinski definition) is 2. The van der Waals surface area contributed by atoms with Gasteiger partial charge in [0.05, 0.1) is 13.2 Å². The zero-order valence-electron chi connectivity index (χ0n) is 11.8. The van der Waals surface area contributed by atoms with Gasteiger partial charge in [0, 0.05) is 25.7 Å². The molecule has 2 rings (SSSR count). The van der Waals surface area contributed by atoms with Crippen LogP contribution < -0.4 is 11.1 Å². The molecule has 0 aromatic rings. The summed E-state index contributed by atoms with van der Waals surface area (Å²) < 4.78 is 5.26. The Bertz CT molecular complexity index is 274. The maximum atomic E-state index is 12.1. The van der Waals surface area contributed by atoms with Crippen molar-refractivity contribution in [3.63, 3.8) is 0 Å². The molecule has 5 heteroatoms. The number of urea groups is 1. The molecule has 3 N–H and O–H groups in total. The molecule has 1 aliphatic carbocycles. The summed E-state index contributed by atoms with van der Waals surface area (Å²) in [6, 6.07) is 0.146. The largest absolute Gasteiger partial charge is 0.378 e. The minimum Gasteiger partial charge on any atom is -0.378 e. The number of nitrogens with one attached hydrogen (secondary N) is 1. The third-order valence-electron chi connectivity index (χ3n) is 4.25. The van der Waals surface area contributed by atoms with Gasteiger partial charge in [0.25, 0.3) is 0 Å². The molecule has 2 fully saturated rings. The smallest absolute Gasteiger partial charge is 0.317 e. The third kappa shape index (κ3) is 4.66. The van der Waals surface area contributed by atoms with Crippen LogP contribution in [-0.4, -0.2) is 49.8 Å². The molecule has 1 saturated carbocycles. The summed E-state index contributed by atoms with van der Waals surface area (Å²) in [7, 11) is 0. The van der Waals surface area contributed by atoms with Gasteiger partial charge in [-0.3, -0.25) is 0 Å². The van der Waals surface area contributed by atoms with Crippen LogP contribution in [0.15, 0.2) is 0 Å². The number of carbonyl (C=O) groups is 1. The van der Waals surface area contributed by atoms with Crippen molar-refractivity contribution < 1.29 is 9.53 Å². The Morgan fingerprint density at radius 3 is 2.58 bits per heavy atom. The molecule has 1 heterocycles. The van der Waals surface area contributed by atoms with Gasteiger partial charge >= 0.3 is 6.03 Å². The number of nitrogens with zero attached hydrogens (tertiary/aromatic N) is 1. The molecule has 19 heavy (non-hydrogen) atoms. The van der Waals surface area contributed by atoms with E-state index in [1.54, 1.807) is 0 Å². The molecule has 1 saturated heterocycles. The van der Waals surface area contributed by atoms with Gasteiger partial charge < -0.3 is 20.7 Å². The fourth-order valence-electron chi connectivity index (χ4n) is 3.07. The van der Waals surface area contributed by atoms with Crippen molar-refractivity contribution in [3.05, 3.63) is 0 Å². The normalized spacial score (nSPS) is 23.1. The maximum Gasteiger partial charge on any atom is 0.317 e. The predicted octanol–water partition coefficient (Wildman–Crippen LogP) is 1.33. The van der Waals surface area contributed by atoms with Crippen molar-refractivity contribution >= 4 is 6.03 Å². The minimum atomic E-state index is 0.0227. The molecular weight excluding hydrogens is 242 g/mol. The van der Waals surface area contributed by atoms with Gasteiger partial charge in [-0.05, 0) is 12.3 Å². The summed E-state index contributed by atoms with van der Waals surface area (Å²) in [6.07, 6.45) is 7.66. The first-order valence-electron chi connectivity index (χ1n) is 7.63. The lowest BCUT2D eigenvalue weighted by atomic mass is 9.85. The van der Waals surface area contributed by atoms with Crippen LogP contribution in [-0.2, 0) is 4.74 Å². The molecule has 0 radical (unpaired) electrons. The van der Waals surface area contributed by atoms with Gasteiger partial charge in [0.15, 0.2) is 0 Å². The van der Waals surface area contributed by atoms with Crippen molar-refractivity contribution in [2.24, 2.45) is 11.7 Å². The van der Waals surface area contributed by atoms with Crippen molar-refractivity contribution in [1.29, 1.82) is 0 Å². The summed E-state index contributed by atoms with van der Waals surface area (Å²) in [5, 5.41) is 3.09. The number of carbonyl (C=O) groups excluding carboxylic acids is 1. The topological polar surface area (TPSA) is 67.6 Å². The second kappa shape index (κ2) is 7.70. The second-order valence-corrected chi connectivity index (χ2v) is 5.72. The van der Waals surface area contributed by atoms with Crippen LogP contribution in [0, 0.1) is 5.92 Å². The highest BCUT2D eigenvalue weighted by atomic mass is 16.5. The van der Waals surface area contributed by atoms with E-state index in [1.807, 2.05) is 4.90 Å². The summed E-state index contributed by atoms with van der Waals surface area (Å²) in [5.41, 5.74) is 5.81. The van der Waals surface area contributed by atoms with Crippen LogP contribution in [0.2, 0.25) is 0 Å². The molecule has 0 aromatic heterocycles. The van der Waals surface area contributed by atoms with Gasteiger partial charge in [-0.2, -0.15) is 0 Å². The lowest BCUT2D eigenvalue weighted by Gasteiger charge is -2.31. The Hall–Kier alpha value is -0.810. The molecule has 0 bridgehead atoms. The number of morpholine rings is 1. The summed E-state index contributed by atoms with van der Waals surface area (Å²) in [4.78, 5) is 13.9. The molecule has 0 unspecified atom stereocenters. The molecule has 1 aliphatic heterocycles. The molecule has 0 spiro atoms. The van der Waals surface area contributed by atoms with Crippen LogP contribution in [0.3, 0.4) is 0 Å². The Kier molecular flexibility index (Phi) is 5.92. The minimum absolute atomic E-state index is 0.0227. The average molecular weight is 269 g/mol. The Morgan fingerprint density at radius 1 is 1.26 bits per heavy atom. The van der Waals surface area contributed by atoms with Crippen molar-refractivity contribution in [2.75, 3.05) is 32.8 Å². The number of amides is 2. The van der Waals surface area contributed by atoms with Crippen molar-refractivity contribution in [2.45, 2.75) is 44.6 Å². The Morgan fingerprint density at radius 2 is 1.95 bits per heavy atom. The zero-order chi connectivity index (χ0) is 13.5. The molecule has 0 aromatic carbocycles. The van der Waals surface area contributed by atoms with Crippen LogP contribution in [0.1, 0.15) is 38.5 Å². The molecule has 5 nitrogen and oxygen atoms in total. The lowest BCUT2D eigenvalue weighted by Crippen LogP contribution is -2.51. The van der Waals surface area contributed by atoms with E-state index < -0.39 is 0 Å². The van der Waals surface area contributed by atoms with E-state index in [2.05, 4.69) is 5.32 Å². The molecular formula is C14H27N3O2. The molecule has 2 amide bonds. The SMILES string of the molecule is NC[C@H](CC1CCCCC1)NC(=O)N1CCOCC1. The van der Waals surface area contributed by atoms with Crippen molar-refractivity contribution in [1.82, 2.24) is 10.2 Å². The van der Waals surface area contributed by atoms with E-state index in [4.69, 9.17) is 10.5 Å². The third-order valence-corrected chi connectivity index (χ3v) is 4.25. The first kappa shape index (κ1) is 14.6. The molecule has 2 aliphatic rings. The van der Waals surface area contributed by atoms with Crippen LogP contribution in [0.4, 0.5) is 4.79 Å². The Balaban J connectivity index is 1.75. The van der Waals surface area contributed by atoms with Gasteiger partial charge in [0.1, 0.15) is 0 Å². The highest BCUT2D eigenvalue weighted by molar-refractivity contribution is 5.74. The summed E-state index contributed by atoms with van der Waals surface area (Å²) in [5.74, 6) is 0.743. The standard InChI is InChI=1S/C14H27N3O2/c15-11-13(10-12-4-2-1-3-5-12)16-14(18)17-6-8-19-9-7-17/h12-13H,1-11,15H2,(H,16,18)/t13-/m0/s1. The fourth-order valence-corrected chi connectivity index (χ4v) is 3.07. The van der Waals surface area contributed by atoms with E-state index in [1.165, 1.54) is 32.1 Å². The van der Waals surface area contributed by atoms with Gasteiger partial charge in [-0.1, -0.05) is 32.1 Å². The van der Waals surface area contributed by atoms with Crippen molar-refractivity contribution in [3.8, 4) is 0 Å². The zero-order valence-corrected chi connectivity index (χ0v) is 11.8. The van der Waals surface area contributed by atoms with E-state index in [9.17, 15) is 4.79 Å². The summed E-state index contributed by atoms with van der Waals surface area (Å²) >= 11 is 0. The molecule has 110 valence electrons. The van der Waals surface area contributed by atoms with Gasteiger partial charge in [-0.25, -0.2) is 4.79 Å². The average Bonchev–Trinajstić information content (AvgIpc) is 2.48. The quantitative estimate of drug-likeness (QED) is 0.809. The molecule has 1 atom stereocenters. The van der Waals surface area contributed by atoms with E-state index in [-0.39, 0.29) is 12.1 Å². The van der Waals surface area contributed by atoms with Gasteiger partial charge in [0.2, 0.25) is 0 Å². The second-order valence-electron chi connectivity index (χ2n) is 5.72. The first-order valence-corrected chi connectivity index (χ1v) is 7.63. The number of hydrogen-bond acceptors (Lipinski definition) is 3. The number of rotatable bonds is 4. The van der Waals surface area contributed by atoms with E-state index in [0.717, 1.165) is 12.3 Å². The number of ether oxygens (including phenoxy) is 1. The van der Waals surface area contributed by atoms with E-state index >= 15 is 0 Å².